The minimum atomic E-state index is -0.358. The Morgan fingerprint density at radius 1 is 0.756 bits per heavy atom. The van der Waals surface area contributed by atoms with Gasteiger partial charge in [-0.15, -0.1) is 0 Å². The number of hydrogen-bond donors (Lipinski definition) is 6. The van der Waals surface area contributed by atoms with Crippen molar-refractivity contribution in [3.63, 3.8) is 0 Å². The molecule has 14 heteroatoms. The van der Waals surface area contributed by atoms with Gasteiger partial charge in [0, 0.05) is 51.2 Å². The molecule has 4 amide bonds. The van der Waals surface area contributed by atoms with Gasteiger partial charge in [-0.25, -0.2) is 0 Å². The number of benzene rings is 2. The van der Waals surface area contributed by atoms with E-state index in [9.17, 15) is 29.4 Å². The maximum absolute atomic E-state index is 12.9. The largest absolute Gasteiger partial charge is 0.506 e. The number of carbonyl (C=O) groups excluding carboxylic acids is 4. The van der Waals surface area contributed by atoms with Gasteiger partial charge in [0.2, 0.25) is 17.7 Å². The number of anilines is 4. The number of aromatic hydroxyl groups is 2. The third-order valence-electron chi connectivity index (χ3n) is 6.61. The van der Waals surface area contributed by atoms with E-state index < -0.39 is 0 Å². The second-order valence-corrected chi connectivity index (χ2v) is 10.1. The quantitative estimate of drug-likeness (QED) is 0.181. The van der Waals surface area contributed by atoms with Crippen molar-refractivity contribution in [3.05, 3.63) is 24.3 Å². The highest BCUT2D eigenvalue weighted by Crippen LogP contribution is 2.37. The lowest BCUT2D eigenvalue weighted by molar-refractivity contribution is -0.905. The molecule has 1 saturated heterocycles. The summed E-state index contributed by atoms with van der Waals surface area (Å²) in [7, 11) is 4.79. The Morgan fingerprint density at radius 2 is 1.20 bits per heavy atom. The number of piperazine rings is 1. The maximum Gasteiger partial charge on any atom is 0.279 e. The van der Waals surface area contributed by atoms with Gasteiger partial charge in [0.15, 0.2) is 6.54 Å². The zero-order valence-electron chi connectivity index (χ0n) is 23.8. The van der Waals surface area contributed by atoms with E-state index in [1.807, 2.05) is 11.9 Å². The molecule has 1 aliphatic heterocycles. The molecule has 0 bridgehead atoms. The van der Waals surface area contributed by atoms with Crippen molar-refractivity contribution in [2.24, 2.45) is 0 Å². The summed E-state index contributed by atoms with van der Waals surface area (Å²) in [4.78, 5) is 50.3. The van der Waals surface area contributed by atoms with Crippen LogP contribution >= 0.6 is 0 Å². The number of phenolic OH excluding ortho intramolecular Hbond substituents is 2. The topological polar surface area (TPSA) is 179 Å². The summed E-state index contributed by atoms with van der Waals surface area (Å²) in [5.41, 5.74) is 0.882. The molecule has 6 N–H and O–H groups in total. The van der Waals surface area contributed by atoms with Crippen LogP contribution in [0.1, 0.15) is 13.8 Å². The molecule has 0 atom stereocenters. The van der Waals surface area contributed by atoms with Crippen LogP contribution in [0.3, 0.4) is 0 Å². The number of hydrogen-bond acceptors (Lipinski definition) is 9. The Bertz CT molecular complexity index is 1320. The molecule has 0 aromatic heterocycles. The first kappa shape index (κ1) is 31.0. The Labute approximate surface area is 237 Å². The lowest BCUT2D eigenvalue weighted by atomic mass is 10.2. The number of carbonyl (C=O) groups is 4. The van der Waals surface area contributed by atoms with Gasteiger partial charge in [0.25, 0.3) is 5.91 Å². The molecule has 0 saturated carbocycles. The molecule has 41 heavy (non-hydrogen) atoms. The summed E-state index contributed by atoms with van der Waals surface area (Å²) < 4.78 is 11.0. The van der Waals surface area contributed by atoms with Gasteiger partial charge in [-0.2, -0.15) is 0 Å². The van der Waals surface area contributed by atoms with E-state index in [1.54, 1.807) is 0 Å². The Hall–Kier alpha value is -4.56. The standard InChI is InChI=1S/C27H36N6O8/c1-16(34)28-18-12-24(40-4)20(10-22(18)36)30-26(38)14-32-6-8-33(3,9-7-32)15-27(39)31-21-11-23(37)19(29-17(2)35)13-25(21)41-5/h10-13H,6-9,14-15H2,1-5H3,(H5-,28,29,30,31,34,35,36,37,38,39)/p+1. The molecule has 1 heterocycles. The van der Waals surface area contributed by atoms with Crippen LogP contribution in [0.25, 0.3) is 0 Å². The molecule has 3 rings (SSSR count). The van der Waals surface area contributed by atoms with Crippen LogP contribution in [0.4, 0.5) is 22.7 Å². The molecule has 0 radical (unpaired) electrons. The summed E-state index contributed by atoms with van der Waals surface area (Å²) >= 11 is 0. The molecule has 222 valence electrons. The Kier molecular flexibility index (Phi) is 9.97. The third kappa shape index (κ3) is 8.46. The van der Waals surface area contributed by atoms with Gasteiger partial charge < -0.3 is 45.4 Å². The summed E-state index contributed by atoms with van der Waals surface area (Å²) in [6.07, 6.45) is 0. The molecular weight excluding hydrogens is 536 g/mol. The first-order valence-electron chi connectivity index (χ1n) is 12.8. The summed E-state index contributed by atoms with van der Waals surface area (Å²) in [5.74, 6) is -1.15. The van der Waals surface area contributed by atoms with E-state index in [0.29, 0.717) is 30.7 Å². The summed E-state index contributed by atoms with van der Waals surface area (Å²) in [6.45, 7) is 5.24. The van der Waals surface area contributed by atoms with Gasteiger partial charge in [-0.05, 0) is 0 Å². The van der Waals surface area contributed by atoms with Crippen molar-refractivity contribution in [2.45, 2.75) is 13.8 Å². The molecule has 0 aliphatic carbocycles. The average Bonchev–Trinajstić information content (AvgIpc) is 2.88. The molecular formula is C27H37N6O8+. The number of methoxy groups -OCH3 is 2. The van der Waals surface area contributed by atoms with Crippen LogP contribution in [-0.2, 0) is 19.2 Å². The minimum Gasteiger partial charge on any atom is -0.506 e. The van der Waals surface area contributed by atoms with Crippen molar-refractivity contribution in [1.29, 1.82) is 0 Å². The minimum absolute atomic E-state index is 0.0979. The van der Waals surface area contributed by atoms with Crippen molar-refractivity contribution in [1.82, 2.24) is 4.90 Å². The Balaban J connectivity index is 1.55. The number of phenols is 2. The molecule has 1 fully saturated rings. The van der Waals surface area contributed by atoms with Gasteiger partial charge >= 0.3 is 0 Å². The van der Waals surface area contributed by atoms with Crippen LogP contribution in [0.15, 0.2) is 24.3 Å². The van der Waals surface area contributed by atoms with E-state index >= 15 is 0 Å². The molecule has 0 unspecified atom stereocenters. The van der Waals surface area contributed by atoms with Gasteiger partial charge in [0.05, 0.1) is 63.7 Å². The highest BCUT2D eigenvalue weighted by Gasteiger charge is 2.32. The number of amides is 4. The molecule has 2 aromatic rings. The average molecular weight is 574 g/mol. The zero-order valence-corrected chi connectivity index (χ0v) is 23.8. The van der Waals surface area contributed by atoms with E-state index in [-0.39, 0.29) is 82.5 Å². The number of rotatable bonds is 10. The lowest BCUT2D eigenvalue weighted by Gasteiger charge is -2.41. The smallest absolute Gasteiger partial charge is 0.279 e. The molecule has 14 nitrogen and oxygen atoms in total. The number of likely N-dealkylation sites (N-methyl/N-ethyl adjacent to an activating group) is 1. The van der Waals surface area contributed by atoms with Crippen LogP contribution in [0.2, 0.25) is 0 Å². The fourth-order valence-corrected chi connectivity index (χ4v) is 4.48. The van der Waals surface area contributed by atoms with E-state index in [4.69, 9.17) is 9.47 Å². The van der Waals surface area contributed by atoms with Gasteiger partial charge in [0.1, 0.15) is 23.0 Å². The fraction of sp³-hybridized carbons (Fsp3) is 0.407. The normalized spacial score (nSPS) is 14.5. The number of nitrogens with zero attached hydrogens (tertiary/aromatic N) is 2. The van der Waals surface area contributed by atoms with Gasteiger partial charge in [-0.1, -0.05) is 0 Å². The van der Waals surface area contributed by atoms with Crippen molar-refractivity contribution in [2.75, 3.05) is 81.8 Å². The predicted octanol–water partition coefficient (Wildman–Crippen LogP) is 1.37. The van der Waals surface area contributed by atoms with Crippen molar-refractivity contribution in [3.8, 4) is 23.0 Å². The molecule has 0 spiro atoms. The predicted molar refractivity (Wildman–Crippen MR) is 152 cm³/mol. The monoisotopic (exact) mass is 573 g/mol. The first-order chi connectivity index (χ1) is 19.3. The fourth-order valence-electron chi connectivity index (χ4n) is 4.48. The Morgan fingerprint density at radius 3 is 1.61 bits per heavy atom. The molecule has 2 aromatic carbocycles. The second-order valence-electron chi connectivity index (χ2n) is 10.1. The van der Waals surface area contributed by atoms with Crippen molar-refractivity contribution < 1.29 is 43.3 Å². The van der Waals surface area contributed by atoms with E-state index in [1.165, 1.54) is 52.3 Å². The highest BCUT2D eigenvalue weighted by molar-refractivity contribution is 5.97. The zero-order chi connectivity index (χ0) is 30.3. The van der Waals surface area contributed by atoms with Gasteiger partial charge in [-0.3, -0.25) is 24.1 Å². The summed E-state index contributed by atoms with van der Waals surface area (Å²) in [6, 6.07) is 5.49. The number of ether oxygens (including phenoxy) is 2. The van der Waals surface area contributed by atoms with Crippen LogP contribution < -0.4 is 30.7 Å². The van der Waals surface area contributed by atoms with Crippen LogP contribution in [0, 0.1) is 0 Å². The van der Waals surface area contributed by atoms with E-state index in [2.05, 4.69) is 21.3 Å². The second kappa shape index (κ2) is 13.2. The maximum atomic E-state index is 12.9. The lowest BCUT2D eigenvalue weighted by Crippen LogP contribution is -2.60. The van der Waals surface area contributed by atoms with Crippen LogP contribution in [-0.4, -0.2) is 104 Å². The summed E-state index contributed by atoms with van der Waals surface area (Å²) in [5, 5.41) is 30.9. The third-order valence-corrected chi connectivity index (χ3v) is 6.61. The number of nitrogens with one attached hydrogen (secondary N) is 4. The highest BCUT2D eigenvalue weighted by atomic mass is 16.5. The SMILES string of the molecule is COc1cc(NC(C)=O)c(O)cc1NC(=O)CN1CC[N+](C)(CC(=O)Nc2cc(O)c(NC(C)=O)cc2OC)CC1. The van der Waals surface area contributed by atoms with E-state index in [0.717, 1.165) is 0 Å². The number of quaternary nitrogens is 1. The van der Waals surface area contributed by atoms with Crippen LogP contribution in [0.5, 0.6) is 23.0 Å². The molecule has 1 aliphatic rings. The van der Waals surface area contributed by atoms with Crippen molar-refractivity contribution >= 4 is 46.4 Å². The first-order valence-corrected chi connectivity index (χ1v) is 12.8.